The summed E-state index contributed by atoms with van der Waals surface area (Å²) in [7, 11) is 1.86. The Morgan fingerprint density at radius 1 is 1.11 bits per heavy atom. The number of carbonyl (C=O) groups excluding carboxylic acids is 1. The highest BCUT2D eigenvalue weighted by molar-refractivity contribution is 5.79. The first kappa shape index (κ1) is 25.4. The Bertz CT molecular complexity index is 1470. The van der Waals surface area contributed by atoms with Gasteiger partial charge in [0.1, 0.15) is 5.82 Å². The minimum absolute atomic E-state index is 0.0701. The van der Waals surface area contributed by atoms with Crippen molar-refractivity contribution in [1.29, 1.82) is 0 Å². The average Bonchev–Trinajstić information content (AvgIpc) is 3.30. The van der Waals surface area contributed by atoms with Crippen molar-refractivity contribution in [3.05, 3.63) is 82.5 Å². The lowest BCUT2D eigenvalue weighted by atomic mass is 10.0. The van der Waals surface area contributed by atoms with E-state index >= 15 is 0 Å². The number of carbonyl (C=O) groups is 1. The summed E-state index contributed by atoms with van der Waals surface area (Å²) < 4.78 is 21.9. The fourth-order valence-corrected chi connectivity index (χ4v) is 4.92. The van der Waals surface area contributed by atoms with Crippen LogP contribution in [-0.4, -0.2) is 58.0 Å². The monoisotopic (exact) mass is 518 g/mol. The molecule has 3 heterocycles. The number of fused-ring (bicyclic) bond motifs is 1. The van der Waals surface area contributed by atoms with Crippen molar-refractivity contribution in [3.8, 4) is 0 Å². The molecule has 1 saturated heterocycles. The van der Waals surface area contributed by atoms with E-state index in [-0.39, 0.29) is 24.4 Å². The number of nitrogens with zero attached hydrogens (tertiary/aromatic N) is 6. The van der Waals surface area contributed by atoms with Gasteiger partial charge in [-0.05, 0) is 49.1 Å². The van der Waals surface area contributed by atoms with Crippen LogP contribution in [0.25, 0.3) is 11.0 Å². The molecule has 9 nitrogen and oxygen atoms in total. The molecule has 1 aliphatic heterocycles. The van der Waals surface area contributed by atoms with Gasteiger partial charge >= 0.3 is 6.09 Å². The maximum atomic E-state index is 13.5. The highest BCUT2D eigenvalue weighted by Gasteiger charge is 2.29. The van der Waals surface area contributed by atoms with Gasteiger partial charge in [-0.25, -0.2) is 19.2 Å². The Labute approximate surface area is 220 Å². The highest BCUT2D eigenvalue weighted by atomic mass is 19.1. The van der Waals surface area contributed by atoms with E-state index < -0.39 is 11.7 Å². The van der Waals surface area contributed by atoms with E-state index in [1.54, 1.807) is 12.1 Å². The smallest absolute Gasteiger partial charge is 0.423 e. The topological polar surface area (TPSA) is 85.5 Å². The average molecular weight is 519 g/mol. The molecule has 2 aromatic heterocycles. The SMILES string of the molecule is CCCOC(=O)n1c(N(C)C2CCN(c3nc4ccccc4n3Cc3ccc(F)cc3)CC2)nccc1=O. The number of ether oxygens (including phenoxy) is 1. The van der Waals surface area contributed by atoms with Crippen LogP contribution in [0.4, 0.5) is 21.1 Å². The first-order chi connectivity index (χ1) is 18.5. The van der Waals surface area contributed by atoms with Gasteiger partial charge in [0.15, 0.2) is 0 Å². The number of imidazole rings is 1. The number of rotatable bonds is 7. The third-order valence-corrected chi connectivity index (χ3v) is 6.94. The van der Waals surface area contributed by atoms with Crippen LogP contribution in [0.1, 0.15) is 31.7 Å². The van der Waals surface area contributed by atoms with E-state index in [1.807, 2.05) is 43.1 Å². The van der Waals surface area contributed by atoms with Crippen molar-refractivity contribution in [2.24, 2.45) is 0 Å². The van der Waals surface area contributed by atoms with Gasteiger partial charge in [0.25, 0.3) is 5.56 Å². The highest BCUT2D eigenvalue weighted by Crippen LogP contribution is 2.28. The second kappa shape index (κ2) is 11.0. The molecule has 10 heteroatoms. The predicted molar refractivity (Wildman–Crippen MR) is 144 cm³/mol. The summed E-state index contributed by atoms with van der Waals surface area (Å²) in [6.07, 6.45) is 2.94. The third kappa shape index (κ3) is 5.11. The number of aromatic nitrogens is 4. The van der Waals surface area contributed by atoms with Gasteiger partial charge in [-0.15, -0.1) is 0 Å². The van der Waals surface area contributed by atoms with Gasteiger partial charge in [0.05, 0.1) is 24.2 Å². The molecule has 0 atom stereocenters. The van der Waals surface area contributed by atoms with Crippen LogP contribution in [0.15, 0.2) is 65.6 Å². The fourth-order valence-electron chi connectivity index (χ4n) is 4.92. The Morgan fingerprint density at radius 2 is 1.84 bits per heavy atom. The maximum Gasteiger partial charge on any atom is 0.423 e. The number of hydrogen-bond acceptors (Lipinski definition) is 7. The zero-order valence-electron chi connectivity index (χ0n) is 21.6. The maximum absolute atomic E-state index is 13.5. The van der Waals surface area contributed by atoms with Crippen LogP contribution in [-0.2, 0) is 11.3 Å². The molecule has 38 heavy (non-hydrogen) atoms. The minimum Gasteiger partial charge on any atom is -0.449 e. The largest absolute Gasteiger partial charge is 0.449 e. The second-order valence-corrected chi connectivity index (χ2v) is 9.48. The molecule has 5 rings (SSSR count). The van der Waals surface area contributed by atoms with Crippen molar-refractivity contribution in [1.82, 2.24) is 19.1 Å². The van der Waals surface area contributed by atoms with Crippen molar-refractivity contribution in [2.75, 3.05) is 36.5 Å². The Balaban J connectivity index is 1.36. The van der Waals surface area contributed by atoms with Gasteiger partial charge in [0, 0.05) is 38.4 Å². The summed E-state index contributed by atoms with van der Waals surface area (Å²) in [5.74, 6) is 0.891. The van der Waals surface area contributed by atoms with Crippen molar-refractivity contribution < 1.29 is 13.9 Å². The van der Waals surface area contributed by atoms with E-state index in [4.69, 9.17) is 9.72 Å². The lowest BCUT2D eigenvalue weighted by Gasteiger charge is -2.38. The summed E-state index contributed by atoms with van der Waals surface area (Å²) in [5.41, 5.74) is 2.46. The molecule has 0 saturated carbocycles. The normalized spacial score (nSPS) is 14.1. The van der Waals surface area contributed by atoms with Gasteiger partial charge < -0.3 is 19.1 Å². The van der Waals surface area contributed by atoms with E-state index in [2.05, 4.69) is 14.5 Å². The van der Waals surface area contributed by atoms with Gasteiger partial charge in [0.2, 0.25) is 11.9 Å². The van der Waals surface area contributed by atoms with Crippen LogP contribution in [0.2, 0.25) is 0 Å². The molecule has 0 aliphatic carbocycles. The Kier molecular flexibility index (Phi) is 7.39. The molecule has 0 unspecified atom stereocenters. The Morgan fingerprint density at radius 3 is 2.58 bits per heavy atom. The number of halogens is 1. The number of piperidine rings is 1. The van der Waals surface area contributed by atoms with Crippen molar-refractivity contribution in [3.63, 3.8) is 0 Å². The van der Waals surface area contributed by atoms with Crippen LogP contribution < -0.4 is 15.4 Å². The molecule has 0 N–H and O–H groups in total. The summed E-state index contributed by atoms with van der Waals surface area (Å²) in [6, 6.07) is 15.9. The molecule has 0 spiro atoms. The van der Waals surface area contributed by atoms with Crippen LogP contribution in [0, 0.1) is 5.82 Å². The van der Waals surface area contributed by atoms with Crippen molar-refractivity contribution in [2.45, 2.75) is 38.8 Å². The van der Waals surface area contributed by atoms with Crippen molar-refractivity contribution >= 4 is 29.0 Å². The second-order valence-electron chi connectivity index (χ2n) is 9.48. The molecule has 2 aromatic carbocycles. The molecule has 0 bridgehead atoms. The fraction of sp³-hybridized carbons (Fsp3) is 0.357. The molecular formula is C28H31FN6O3. The van der Waals surface area contributed by atoms with E-state index in [0.29, 0.717) is 13.0 Å². The van der Waals surface area contributed by atoms with E-state index in [9.17, 15) is 14.0 Å². The van der Waals surface area contributed by atoms with Gasteiger partial charge in [-0.3, -0.25) is 4.79 Å². The van der Waals surface area contributed by atoms with Gasteiger partial charge in [-0.2, -0.15) is 4.57 Å². The molecule has 4 aromatic rings. The zero-order chi connectivity index (χ0) is 26.6. The third-order valence-electron chi connectivity index (χ3n) is 6.94. The zero-order valence-corrected chi connectivity index (χ0v) is 21.6. The molecule has 1 fully saturated rings. The minimum atomic E-state index is -0.709. The Hall–Kier alpha value is -4.21. The number of para-hydroxylation sites is 2. The summed E-state index contributed by atoms with van der Waals surface area (Å²) in [6.45, 7) is 4.18. The summed E-state index contributed by atoms with van der Waals surface area (Å²) >= 11 is 0. The predicted octanol–water partition coefficient (Wildman–Crippen LogP) is 4.28. The molecule has 1 aliphatic rings. The molecule has 0 amide bonds. The first-order valence-corrected chi connectivity index (χ1v) is 12.9. The standard InChI is InChI=1S/C28H31FN6O3/c1-3-18-38-28(37)35-25(36)12-15-30-26(35)32(2)22-13-16-33(17-14-22)27-31-23-6-4-5-7-24(23)34(27)19-20-8-10-21(29)11-9-20/h4-12,15,22H,3,13-14,16-19H2,1-2H3. The lowest BCUT2D eigenvalue weighted by Crippen LogP contribution is -2.46. The molecular weight excluding hydrogens is 487 g/mol. The number of benzene rings is 2. The van der Waals surface area contributed by atoms with E-state index in [0.717, 1.165) is 53.0 Å². The molecule has 0 radical (unpaired) electrons. The first-order valence-electron chi connectivity index (χ1n) is 12.9. The van der Waals surface area contributed by atoms with E-state index in [1.165, 1.54) is 24.4 Å². The van der Waals surface area contributed by atoms with Gasteiger partial charge in [-0.1, -0.05) is 31.2 Å². The quantitative estimate of drug-likeness (QED) is 0.361. The molecule has 198 valence electrons. The van der Waals surface area contributed by atoms with Crippen LogP contribution in [0.3, 0.4) is 0 Å². The summed E-state index contributed by atoms with van der Waals surface area (Å²) in [4.78, 5) is 38.6. The van der Waals surface area contributed by atoms with Crippen LogP contribution >= 0.6 is 0 Å². The number of hydrogen-bond donors (Lipinski definition) is 0. The van der Waals surface area contributed by atoms with Crippen LogP contribution in [0.5, 0.6) is 0 Å². The summed E-state index contributed by atoms with van der Waals surface area (Å²) in [5, 5.41) is 0. The number of anilines is 2. The lowest BCUT2D eigenvalue weighted by molar-refractivity contribution is 0.147.